The molecule has 1 aromatic heterocycles. The fourth-order valence-corrected chi connectivity index (χ4v) is 4.27. The van der Waals surface area contributed by atoms with E-state index in [0.717, 1.165) is 21.6 Å². The van der Waals surface area contributed by atoms with Crippen LogP contribution in [0.4, 0.5) is 0 Å². The molecule has 0 spiro atoms. The Morgan fingerprint density at radius 1 is 1.03 bits per heavy atom. The van der Waals surface area contributed by atoms with E-state index in [0.29, 0.717) is 12.1 Å². The van der Waals surface area contributed by atoms with Crippen LogP contribution < -0.4 is 0 Å². The molecule has 1 fully saturated rings. The van der Waals surface area contributed by atoms with Gasteiger partial charge in [0.25, 0.3) is 0 Å². The third kappa shape index (κ3) is 3.93. The normalized spacial score (nSPS) is 18.3. The molecule has 164 valence electrons. The molecule has 1 aliphatic heterocycles. The van der Waals surface area contributed by atoms with Crippen molar-refractivity contribution in [2.45, 2.75) is 24.8 Å². The van der Waals surface area contributed by atoms with Crippen LogP contribution in [0.1, 0.15) is 24.0 Å². The Kier molecular flexibility index (Phi) is 5.65. The number of carbonyl (C=O) groups excluding carboxylic acids is 3. The summed E-state index contributed by atoms with van der Waals surface area (Å²) in [6.07, 6.45) is 3.47. The maximum Gasteiger partial charge on any atom is 0.240 e. The van der Waals surface area contributed by atoms with E-state index in [1.54, 1.807) is 22.8 Å². The van der Waals surface area contributed by atoms with Crippen molar-refractivity contribution in [3.63, 3.8) is 0 Å². The Balaban J connectivity index is 1.62. The summed E-state index contributed by atoms with van der Waals surface area (Å²) >= 11 is 0. The molecule has 1 atom stereocenters. The third-order valence-electron chi connectivity index (χ3n) is 6.14. The quantitative estimate of drug-likeness (QED) is 0.564. The first-order valence-electron chi connectivity index (χ1n) is 10.5. The van der Waals surface area contributed by atoms with Gasteiger partial charge in [0.15, 0.2) is 0 Å². The van der Waals surface area contributed by atoms with Gasteiger partial charge in [-0.3, -0.25) is 24.0 Å². The summed E-state index contributed by atoms with van der Waals surface area (Å²) in [5.74, 6) is -0.805. The molecule has 1 unspecified atom stereocenters. The van der Waals surface area contributed by atoms with E-state index in [-0.39, 0.29) is 30.6 Å². The number of hydrogen-bond donors (Lipinski definition) is 0. The van der Waals surface area contributed by atoms with Gasteiger partial charge in [-0.15, -0.1) is 0 Å². The van der Waals surface area contributed by atoms with Gasteiger partial charge in [-0.1, -0.05) is 54.6 Å². The Morgan fingerprint density at radius 3 is 2.25 bits per heavy atom. The Hall–Kier alpha value is -3.74. The Morgan fingerprint density at radius 2 is 1.69 bits per heavy atom. The van der Waals surface area contributed by atoms with E-state index < -0.39 is 5.41 Å². The highest BCUT2D eigenvalue weighted by molar-refractivity contribution is 6.10. The molecule has 4 rings (SSSR count). The maximum atomic E-state index is 13.2. The average molecular weight is 431 g/mol. The second-order valence-electron chi connectivity index (χ2n) is 8.41. The van der Waals surface area contributed by atoms with Gasteiger partial charge in [0.05, 0.1) is 11.6 Å². The van der Waals surface area contributed by atoms with Gasteiger partial charge < -0.3 is 4.90 Å². The number of rotatable bonds is 6. The van der Waals surface area contributed by atoms with Crippen LogP contribution in [0.2, 0.25) is 0 Å². The standard InChI is InChI=1S/C25H26N4O3/c1-27(16-18-15-26-28(2)17-18)22(30)13-25(14-23(31)29(3)24(25)32)21-11-9-20(10-12-21)19-7-5-4-6-8-19/h4-12,15,17H,13-14,16H2,1-3H3. The third-order valence-corrected chi connectivity index (χ3v) is 6.14. The van der Waals surface area contributed by atoms with E-state index in [1.807, 2.05) is 67.8 Å². The molecule has 7 nitrogen and oxygen atoms in total. The minimum Gasteiger partial charge on any atom is -0.341 e. The van der Waals surface area contributed by atoms with Crippen LogP contribution in [-0.2, 0) is 33.4 Å². The SMILES string of the molecule is CN(Cc1cnn(C)c1)C(=O)CC1(c2ccc(-c3ccccc3)cc2)CC(=O)N(C)C1=O. The highest BCUT2D eigenvalue weighted by atomic mass is 16.2. The van der Waals surface area contributed by atoms with Gasteiger partial charge in [-0.25, -0.2) is 0 Å². The van der Waals surface area contributed by atoms with Crippen LogP contribution >= 0.6 is 0 Å². The molecule has 1 saturated heterocycles. The fraction of sp³-hybridized carbons (Fsp3) is 0.280. The van der Waals surface area contributed by atoms with Crippen molar-refractivity contribution in [2.24, 2.45) is 7.05 Å². The zero-order chi connectivity index (χ0) is 22.9. The number of benzene rings is 2. The van der Waals surface area contributed by atoms with Gasteiger partial charge in [-0.2, -0.15) is 5.10 Å². The Labute approximate surface area is 187 Å². The Bertz CT molecular complexity index is 1150. The van der Waals surface area contributed by atoms with Crippen molar-refractivity contribution in [1.29, 1.82) is 0 Å². The lowest BCUT2D eigenvalue weighted by molar-refractivity contribution is -0.141. The first kappa shape index (κ1) is 21.5. The van der Waals surface area contributed by atoms with Crippen LogP contribution in [-0.4, -0.2) is 51.4 Å². The molecule has 0 radical (unpaired) electrons. The lowest BCUT2D eigenvalue weighted by Crippen LogP contribution is -2.41. The topological polar surface area (TPSA) is 75.5 Å². The summed E-state index contributed by atoms with van der Waals surface area (Å²) in [4.78, 5) is 41.6. The number of aromatic nitrogens is 2. The van der Waals surface area contributed by atoms with E-state index in [4.69, 9.17) is 0 Å². The number of amides is 3. The van der Waals surface area contributed by atoms with Gasteiger partial charge >= 0.3 is 0 Å². The van der Waals surface area contributed by atoms with E-state index in [9.17, 15) is 14.4 Å². The molecule has 0 bridgehead atoms. The lowest BCUT2D eigenvalue weighted by atomic mass is 9.75. The van der Waals surface area contributed by atoms with Crippen LogP contribution in [0, 0.1) is 0 Å². The van der Waals surface area contributed by atoms with E-state index in [2.05, 4.69) is 5.10 Å². The minimum absolute atomic E-state index is 0.0144. The number of aryl methyl sites for hydroxylation is 1. The highest BCUT2D eigenvalue weighted by Crippen LogP contribution is 2.40. The van der Waals surface area contributed by atoms with Crippen LogP contribution in [0.15, 0.2) is 67.0 Å². The van der Waals surface area contributed by atoms with Crippen molar-refractivity contribution >= 4 is 17.7 Å². The van der Waals surface area contributed by atoms with Crippen LogP contribution in [0.5, 0.6) is 0 Å². The van der Waals surface area contributed by atoms with Crippen molar-refractivity contribution in [2.75, 3.05) is 14.1 Å². The van der Waals surface area contributed by atoms with Crippen LogP contribution in [0.25, 0.3) is 11.1 Å². The predicted octanol–water partition coefficient (Wildman–Crippen LogP) is 2.76. The van der Waals surface area contributed by atoms with Gasteiger partial charge in [0.1, 0.15) is 0 Å². The molecule has 2 heterocycles. The minimum atomic E-state index is -1.19. The molecule has 3 aromatic rings. The smallest absolute Gasteiger partial charge is 0.240 e. The monoisotopic (exact) mass is 430 g/mol. The van der Waals surface area contributed by atoms with Crippen molar-refractivity contribution in [3.05, 3.63) is 78.1 Å². The van der Waals surface area contributed by atoms with Gasteiger partial charge in [0.2, 0.25) is 17.7 Å². The van der Waals surface area contributed by atoms with Gasteiger partial charge in [-0.05, 0) is 16.7 Å². The van der Waals surface area contributed by atoms with Crippen molar-refractivity contribution in [1.82, 2.24) is 19.6 Å². The zero-order valence-electron chi connectivity index (χ0n) is 18.5. The summed E-state index contributed by atoms with van der Waals surface area (Å²) in [5, 5.41) is 4.13. The summed E-state index contributed by atoms with van der Waals surface area (Å²) in [7, 11) is 5.00. The largest absolute Gasteiger partial charge is 0.341 e. The summed E-state index contributed by atoms with van der Waals surface area (Å²) in [6, 6.07) is 17.5. The zero-order valence-corrected chi connectivity index (χ0v) is 18.5. The molecule has 7 heteroatoms. The highest BCUT2D eigenvalue weighted by Gasteiger charge is 2.52. The number of likely N-dealkylation sites (N-methyl/N-ethyl adjacent to an activating group) is 1. The summed E-state index contributed by atoms with van der Waals surface area (Å²) < 4.78 is 1.68. The maximum absolute atomic E-state index is 13.2. The second kappa shape index (κ2) is 8.42. The van der Waals surface area contributed by atoms with Crippen molar-refractivity contribution < 1.29 is 14.4 Å². The second-order valence-corrected chi connectivity index (χ2v) is 8.41. The fourth-order valence-electron chi connectivity index (χ4n) is 4.27. The molecule has 32 heavy (non-hydrogen) atoms. The molecule has 0 N–H and O–H groups in total. The number of imide groups is 1. The van der Waals surface area contributed by atoms with E-state index in [1.165, 1.54) is 7.05 Å². The predicted molar refractivity (Wildman–Crippen MR) is 120 cm³/mol. The molecule has 2 aromatic carbocycles. The summed E-state index contributed by atoms with van der Waals surface area (Å²) in [5.41, 5.74) is 2.46. The molecular weight excluding hydrogens is 404 g/mol. The number of nitrogens with zero attached hydrogens (tertiary/aromatic N) is 4. The average Bonchev–Trinajstić information content (AvgIpc) is 3.30. The van der Waals surface area contributed by atoms with E-state index >= 15 is 0 Å². The molecule has 1 aliphatic rings. The van der Waals surface area contributed by atoms with Crippen molar-refractivity contribution in [3.8, 4) is 11.1 Å². The molecular formula is C25H26N4O3. The first-order chi connectivity index (χ1) is 15.3. The molecule has 0 aliphatic carbocycles. The van der Waals surface area contributed by atoms with Gasteiger partial charge in [0, 0.05) is 52.3 Å². The molecule has 3 amide bonds. The number of carbonyl (C=O) groups is 3. The number of hydrogen-bond acceptors (Lipinski definition) is 4. The molecule has 0 saturated carbocycles. The first-order valence-corrected chi connectivity index (χ1v) is 10.5. The number of likely N-dealkylation sites (tertiary alicyclic amines) is 1. The lowest BCUT2D eigenvalue weighted by Gasteiger charge is -2.29. The van der Waals surface area contributed by atoms with Crippen LogP contribution in [0.3, 0.4) is 0 Å². The summed E-state index contributed by atoms with van der Waals surface area (Å²) in [6.45, 7) is 0.383.